The molecule has 24 heavy (non-hydrogen) atoms. The summed E-state index contributed by atoms with van der Waals surface area (Å²) >= 11 is 0. The number of halogens is 3. The van der Waals surface area contributed by atoms with Crippen LogP contribution in [0.4, 0.5) is 18.9 Å². The number of alkyl halides is 3. The van der Waals surface area contributed by atoms with Crippen LogP contribution in [0.1, 0.15) is 21.5 Å². The predicted molar refractivity (Wildman–Crippen MR) is 82.5 cm³/mol. The lowest BCUT2D eigenvalue weighted by Crippen LogP contribution is -2.14. The van der Waals surface area contributed by atoms with Crippen molar-refractivity contribution in [1.82, 2.24) is 0 Å². The monoisotopic (exact) mass is 335 g/mol. The molecule has 0 spiro atoms. The van der Waals surface area contributed by atoms with Crippen LogP contribution >= 0.6 is 0 Å². The van der Waals surface area contributed by atoms with Gasteiger partial charge in [-0.05, 0) is 42.0 Å². The van der Waals surface area contributed by atoms with Crippen LogP contribution in [0, 0.1) is 0 Å². The van der Waals surface area contributed by atoms with Gasteiger partial charge in [0.25, 0.3) is 5.91 Å². The van der Waals surface area contributed by atoms with Crippen molar-refractivity contribution >= 4 is 23.6 Å². The molecule has 2 N–H and O–H groups in total. The number of hydrogen-bond donors (Lipinski definition) is 2. The number of nitrogens with one attached hydrogen (secondary N) is 1. The maximum Gasteiger partial charge on any atom is 0.416 e. The van der Waals surface area contributed by atoms with E-state index in [4.69, 9.17) is 5.11 Å². The molecule has 0 unspecified atom stereocenters. The van der Waals surface area contributed by atoms with Crippen molar-refractivity contribution in [2.45, 2.75) is 6.18 Å². The van der Waals surface area contributed by atoms with Gasteiger partial charge >= 0.3 is 12.1 Å². The second-order valence-corrected chi connectivity index (χ2v) is 4.83. The molecule has 0 bridgehead atoms. The minimum absolute atomic E-state index is 0.128. The average Bonchev–Trinajstić information content (AvgIpc) is 2.52. The summed E-state index contributed by atoms with van der Waals surface area (Å²) in [4.78, 5) is 22.6. The molecule has 0 fully saturated rings. The molecular formula is C17H12F3NO3. The van der Waals surface area contributed by atoms with Crippen LogP contribution in [0.3, 0.4) is 0 Å². The maximum absolute atomic E-state index is 12.7. The first-order valence-electron chi connectivity index (χ1n) is 6.75. The molecule has 0 heterocycles. The van der Waals surface area contributed by atoms with Crippen LogP contribution in [-0.2, 0) is 11.0 Å². The van der Waals surface area contributed by atoms with Crippen LogP contribution in [0.5, 0.6) is 0 Å². The summed E-state index contributed by atoms with van der Waals surface area (Å²) < 4.78 is 38.0. The first kappa shape index (κ1) is 17.3. The summed E-state index contributed by atoms with van der Waals surface area (Å²) in [6.45, 7) is 0. The molecule has 0 aliphatic rings. The lowest BCUT2D eigenvalue weighted by molar-refractivity contribution is -0.137. The van der Waals surface area contributed by atoms with E-state index in [1.54, 1.807) is 18.2 Å². The summed E-state index contributed by atoms with van der Waals surface area (Å²) in [6.07, 6.45) is -2.26. The largest absolute Gasteiger partial charge is 0.478 e. The fourth-order valence-electron chi connectivity index (χ4n) is 1.93. The lowest BCUT2D eigenvalue weighted by Gasteiger charge is -2.09. The van der Waals surface area contributed by atoms with E-state index in [1.165, 1.54) is 18.2 Å². The van der Waals surface area contributed by atoms with Crippen LogP contribution < -0.4 is 5.32 Å². The number of benzene rings is 2. The number of carbonyl (C=O) groups excluding carboxylic acids is 1. The van der Waals surface area contributed by atoms with Crippen LogP contribution in [-0.4, -0.2) is 17.0 Å². The van der Waals surface area contributed by atoms with Crippen molar-refractivity contribution in [3.63, 3.8) is 0 Å². The van der Waals surface area contributed by atoms with E-state index in [9.17, 15) is 22.8 Å². The van der Waals surface area contributed by atoms with Crippen molar-refractivity contribution in [3.8, 4) is 0 Å². The molecule has 1 amide bonds. The van der Waals surface area contributed by atoms with Gasteiger partial charge in [-0.25, -0.2) is 4.79 Å². The second kappa shape index (κ2) is 6.99. The van der Waals surface area contributed by atoms with Gasteiger partial charge in [0.15, 0.2) is 0 Å². The number of anilines is 1. The van der Waals surface area contributed by atoms with Crippen molar-refractivity contribution in [3.05, 3.63) is 71.3 Å². The molecule has 2 aromatic carbocycles. The highest BCUT2D eigenvalue weighted by Gasteiger charge is 2.30. The average molecular weight is 335 g/mol. The van der Waals surface area contributed by atoms with Crippen LogP contribution in [0.25, 0.3) is 6.08 Å². The third-order valence-corrected chi connectivity index (χ3v) is 3.01. The van der Waals surface area contributed by atoms with Gasteiger partial charge in [-0.2, -0.15) is 13.2 Å². The lowest BCUT2D eigenvalue weighted by atomic mass is 10.1. The molecule has 0 aliphatic carbocycles. The van der Waals surface area contributed by atoms with E-state index >= 15 is 0 Å². The number of amides is 1. The maximum atomic E-state index is 12.7. The van der Waals surface area contributed by atoms with E-state index < -0.39 is 23.6 Å². The van der Waals surface area contributed by atoms with Crippen molar-refractivity contribution in [1.29, 1.82) is 0 Å². The van der Waals surface area contributed by atoms with Crippen LogP contribution in [0.2, 0.25) is 0 Å². The van der Waals surface area contributed by atoms with E-state index in [-0.39, 0.29) is 5.56 Å². The Labute approximate surface area is 135 Å². The minimum atomic E-state index is -4.53. The summed E-state index contributed by atoms with van der Waals surface area (Å²) in [6, 6.07) is 10.3. The molecule has 0 saturated heterocycles. The number of hydrogen-bond acceptors (Lipinski definition) is 2. The second-order valence-electron chi connectivity index (χ2n) is 4.83. The van der Waals surface area contributed by atoms with Gasteiger partial charge in [0, 0.05) is 17.3 Å². The molecule has 0 aromatic heterocycles. The Kier molecular flexibility index (Phi) is 5.03. The highest BCUT2D eigenvalue weighted by molar-refractivity contribution is 6.04. The van der Waals surface area contributed by atoms with Gasteiger partial charge in [-0.15, -0.1) is 0 Å². The first-order valence-corrected chi connectivity index (χ1v) is 6.75. The standard InChI is InChI=1S/C17H12F3NO3/c18-17(19,20)13-5-2-4-12(10-13)16(24)21-14-6-1-3-11(9-14)7-8-15(22)23/h1-10H,(H,21,24)(H,22,23)/b8-7+. The van der Waals surface area contributed by atoms with E-state index in [0.717, 1.165) is 24.3 Å². The molecule has 2 aromatic rings. The van der Waals surface area contributed by atoms with Crippen molar-refractivity contribution in [2.24, 2.45) is 0 Å². The van der Waals surface area contributed by atoms with Gasteiger partial charge in [-0.1, -0.05) is 18.2 Å². The topological polar surface area (TPSA) is 66.4 Å². The van der Waals surface area contributed by atoms with Gasteiger partial charge in [0.05, 0.1) is 5.56 Å². The number of aliphatic carboxylic acids is 1. The summed E-state index contributed by atoms with van der Waals surface area (Å²) in [5, 5.41) is 11.1. The Morgan fingerprint density at radius 3 is 2.42 bits per heavy atom. The highest BCUT2D eigenvalue weighted by Crippen LogP contribution is 2.29. The van der Waals surface area contributed by atoms with Crippen LogP contribution in [0.15, 0.2) is 54.6 Å². The van der Waals surface area contributed by atoms with E-state index in [0.29, 0.717) is 11.3 Å². The summed E-state index contributed by atoms with van der Waals surface area (Å²) in [7, 11) is 0. The predicted octanol–water partition coefficient (Wildman–Crippen LogP) is 4.06. The number of carboxylic acids is 1. The zero-order valence-corrected chi connectivity index (χ0v) is 12.2. The molecule has 4 nitrogen and oxygen atoms in total. The third kappa shape index (κ3) is 4.70. The fourth-order valence-corrected chi connectivity index (χ4v) is 1.93. The normalized spacial score (nSPS) is 11.5. The number of carboxylic acid groups (broad SMARTS) is 1. The summed E-state index contributed by atoms with van der Waals surface area (Å²) in [5.74, 6) is -1.81. The van der Waals surface area contributed by atoms with E-state index in [1.807, 2.05) is 0 Å². The molecule has 0 atom stereocenters. The van der Waals surface area contributed by atoms with Gasteiger partial charge < -0.3 is 10.4 Å². The van der Waals surface area contributed by atoms with Crippen molar-refractivity contribution in [2.75, 3.05) is 5.32 Å². The molecule has 0 aliphatic heterocycles. The van der Waals surface area contributed by atoms with Gasteiger partial charge in [0.2, 0.25) is 0 Å². The molecule has 124 valence electrons. The Morgan fingerprint density at radius 1 is 1.04 bits per heavy atom. The van der Waals surface area contributed by atoms with Gasteiger partial charge in [-0.3, -0.25) is 4.79 Å². The summed E-state index contributed by atoms with van der Waals surface area (Å²) in [5.41, 5.74) is -0.172. The Balaban J connectivity index is 2.18. The third-order valence-electron chi connectivity index (χ3n) is 3.01. The highest BCUT2D eigenvalue weighted by atomic mass is 19.4. The van der Waals surface area contributed by atoms with Gasteiger partial charge in [0.1, 0.15) is 0 Å². The fraction of sp³-hybridized carbons (Fsp3) is 0.0588. The molecular weight excluding hydrogens is 323 g/mol. The number of carbonyl (C=O) groups is 2. The van der Waals surface area contributed by atoms with E-state index in [2.05, 4.69) is 5.32 Å². The Morgan fingerprint density at radius 2 is 1.75 bits per heavy atom. The molecule has 2 rings (SSSR count). The molecule has 0 saturated carbocycles. The smallest absolute Gasteiger partial charge is 0.416 e. The van der Waals surface area contributed by atoms with Crippen molar-refractivity contribution < 1.29 is 27.9 Å². The molecule has 0 radical (unpaired) electrons. The molecule has 7 heteroatoms. The zero-order chi connectivity index (χ0) is 17.7. The zero-order valence-electron chi connectivity index (χ0n) is 12.2. The first-order chi connectivity index (χ1) is 11.3. The Hall–Kier alpha value is -3.09. The minimum Gasteiger partial charge on any atom is -0.478 e. The Bertz CT molecular complexity index is 798. The SMILES string of the molecule is O=C(O)/C=C/c1cccc(NC(=O)c2cccc(C(F)(F)F)c2)c1. The number of rotatable bonds is 4. The quantitative estimate of drug-likeness (QED) is 0.828.